The molecule has 6 heteroatoms. The number of nitrogens with two attached hydrogens (primary N) is 1. The van der Waals surface area contributed by atoms with Gasteiger partial charge in [-0.15, -0.1) is 0 Å². The van der Waals surface area contributed by atoms with Crippen molar-refractivity contribution in [2.45, 2.75) is 6.54 Å². The third-order valence-electron chi connectivity index (χ3n) is 2.93. The number of benzene rings is 2. The van der Waals surface area contributed by atoms with Gasteiger partial charge in [0, 0.05) is 34.3 Å². The van der Waals surface area contributed by atoms with Crippen LogP contribution >= 0.6 is 27.5 Å². The Morgan fingerprint density at radius 1 is 1.33 bits per heavy atom. The highest BCUT2D eigenvalue weighted by molar-refractivity contribution is 9.10. The van der Waals surface area contributed by atoms with E-state index in [0.29, 0.717) is 15.2 Å². The smallest absolute Gasteiger partial charge is 0.254 e. The van der Waals surface area contributed by atoms with Crippen molar-refractivity contribution in [2.75, 3.05) is 12.8 Å². The van der Waals surface area contributed by atoms with E-state index < -0.39 is 5.82 Å². The molecule has 2 N–H and O–H groups in total. The first-order valence-electron chi connectivity index (χ1n) is 6.12. The fourth-order valence-electron chi connectivity index (χ4n) is 1.94. The molecule has 110 valence electrons. The maximum Gasteiger partial charge on any atom is 0.254 e. The Kier molecular flexibility index (Phi) is 4.85. The molecule has 0 unspecified atom stereocenters. The summed E-state index contributed by atoms with van der Waals surface area (Å²) < 4.78 is 13.9. The largest absolute Gasteiger partial charge is 0.399 e. The lowest BCUT2D eigenvalue weighted by Crippen LogP contribution is -2.26. The third-order valence-corrected chi connectivity index (χ3v) is 3.76. The predicted octanol–water partition coefficient (Wildman–Crippen LogP) is 4.10. The molecule has 0 bridgehead atoms. The molecule has 0 spiro atoms. The van der Waals surface area contributed by atoms with Crippen molar-refractivity contribution in [3.8, 4) is 0 Å². The second-order valence-corrected chi connectivity index (χ2v) is 5.99. The fourth-order valence-corrected chi connectivity index (χ4v) is 2.58. The van der Waals surface area contributed by atoms with Gasteiger partial charge in [-0.05, 0) is 42.0 Å². The molecule has 0 aliphatic carbocycles. The van der Waals surface area contributed by atoms with Crippen LogP contribution in [0.15, 0.2) is 40.9 Å². The molecule has 0 saturated heterocycles. The van der Waals surface area contributed by atoms with Crippen molar-refractivity contribution in [1.29, 1.82) is 0 Å². The summed E-state index contributed by atoms with van der Waals surface area (Å²) in [6.45, 7) is 0.289. The zero-order chi connectivity index (χ0) is 15.6. The van der Waals surface area contributed by atoms with Crippen LogP contribution in [0.25, 0.3) is 0 Å². The standard InChI is InChI=1S/C15H13BrClFN2O/c1-20(8-10-6-13(19)2-3-14(10)17)15(21)9-4-11(16)7-12(18)5-9/h2-7H,8,19H2,1H3. The minimum absolute atomic E-state index is 0.268. The van der Waals surface area contributed by atoms with E-state index in [2.05, 4.69) is 15.9 Å². The molecule has 2 aromatic rings. The molecule has 0 radical (unpaired) electrons. The first-order valence-corrected chi connectivity index (χ1v) is 7.29. The van der Waals surface area contributed by atoms with Crippen LogP contribution in [-0.4, -0.2) is 17.9 Å². The highest BCUT2D eigenvalue weighted by Crippen LogP contribution is 2.22. The van der Waals surface area contributed by atoms with Crippen LogP contribution in [0, 0.1) is 5.82 Å². The van der Waals surface area contributed by atoms with Crippen LogP contribution in [0.4, 0.5) is 10.1 Å². The van der Waals surface area contributed by atoms with Crippen molar-refractivity contribution in [1.82, 2.24) is 4.90 Å². The molecule has 3 nitrogen and oxygen atoms in total. The van der Waals surface area contributed by atoms with E-state index in [-0.39, 0.29) is 18.0 Å². The summed E-state index contributed by atoms with van der Waals surface area (Å²) in [4.78, 5) is 13.8. The lowest BCUT2D eigenvalue weighted by Gasteiger charge is -2.18. The Labute approximate surface area is 135 Å². The van der Waals surface area contributed by atoms with Crippen molar-refractivity contribution < 1.29 is 9.18 Å². The number of carbonyl (C=O) groups excluding carboxylic acids is 1. The monoisotopic (exact) mass is 370 g/mol. The molecule has 2 rings (SSSR count). The average Bonchev–Trinajstić information content (AvgIpc) is 2.41. The zero-order valence-electron chi connectivity index (χ0n) is 11.2. The minimum Gasteiger partial charge on any atom is -0.399 e. The lowest BCUT2D eigenvalue weighted by atomic mass is 10.1. The number of anilines is 1. The second-order valence-electron chi connectivity index (χ2n) is 4.67. The molecule has 21 heavy (non-hydrogen) atoms. The summed E-state index contributed by atoms with van der Waals surface area (Å²) in [7, 11) is 1.63. The Balaban J connectivity index is 2.21. The van der Waals surface area contributed by atoms with Gasteiger partial charge in [0.2, 0.25) is 0 Å². The normalized spacial score (nSPS) is 10.5. The van der Waals surface area contributed by atoms with Crippen LogP contribution in [-0.2, 0) is 6.54 Å². The molecule has 1 amide bonds. The number of nitrogens with zero attached hydrogens (tertiary/aromatic N) is 1. The van der Waals surface area contributed by atoms with E-state index in [0.717, 1.165) is 5.56 Å². The number of rotatable bonds is 3. The molecule has 0 fully saturated rings. The van der Waals surface area contributed by atoms with Gasteiger partial charge in [0.1, 0.15) is 5.82 Å². The van der Waals surface area contributed by atoms with E-state index in [1.807, 2.05) is 0 Å². The average molecular weight is 372 g/mol. The Bertz CT molecular complexity index is 673. The molecular formula is C15H13BrClFN2O. The Morgan fingerprint density at radius 2 is 2.05 bits per heavy atom. The molecule has 0 heterocycles. The van der Waals surface area contributed by atoms with Gasteiger partial charge in [0.05, 0.1) is 0 Å². The van der Waals surface area contributed by atoms with Crippen LogP contribution < -0.4 is 5.73 Å². The van der Waals surface area contributed by atoms with E-state index >= 15 is 0 Å². The SMILES string of the molecule is CN(Cc1cc(N)ccc1Cl)C(=O)c1cc(F)cc(Br)c1. The third kappa shape index (κ3) is 3.95. The highest BCUT2D eigenvalue weighted by Gasteiger charge is 2.15. The maximum atomic E-state index is 13.4. The number of carbonyl (C=O) groups is 1. The van der Waals surface area contributed by atoms with Gasteiger partial charge in [-0.25, -0.2) is 4.39 Å². The molecular weight excluding hydrogens is 359 g/mol. The number of halogens is 3. The van der Waals surface area contributed by atoms with E-state index in [1.165, 1.54) is 17.0 Å². The molecule has 2 aromatic carbocycles. The van der Waals surface area contributed by atoms with Crippen molar-refractivity contribution in [2.24, 2.45) is 0 Å². The first-order chi connectivity index (χ1) is 9.86. The van der Waals surface area contributed by atoms with Gasteiger partial charge < -0.3 is 10.6 Å². The summed E-state index contributed by atoms with van der Waals surface area (Å²) in [6, 6.07) is 9.16. The molecule has 0 aromatic heterocycles. The fraction of sp³-hybridized carbons (Fsp3) is 0.133. The van der Waals surface area contributed by atoms with Gasteiger partial charge in [0.25, 0.3) is 5.91 Å². The Morgan fingerprint density at radius 3 is 2.71 bits per heavy atom. The number of hydrogen-bond acceptors (Lipinski definition) is 2. The molecule has 0 atom stereocenters. The van der Waals surface area contributed by atoms with Gasteiger partial charge in [0.15, 0.2) is 0 Å². The van der Waals surface area contributed by atoms with Gasteiger partial charge in [-0.2, -0.15) is 0 Å². The quantitative estimate of drug-likeness (QED) is 0.826. The molecule has 0 aliphatic heterocycles. The first kappa shape index (κ1) is 15.8. The van der Waals surface area contributed by atoms with Crippen molar-refractivity contribution in [3.05, 3.63) is 62.8 Å². The summed E-state index contributed by atoms with van der Waals surface area (Å²) >= 11 is 9.25. The predicted molar refractivity (Wildman–Crippen MR) is 85.8 cm³/mol. The van der Waals surface area contributed by atoms with Crippen molar-refractivity contribution in [3.63, 3.8) is 0 Å². The zero-order valence-corrected chi connectivity index (χ0v) is 13.6. The van der Waals surface area contributed by atoms with Crippen LogP contribution in [0.3, 0.4) is 0 Å². The number of nitrogen functional groups attached to an aromatic ring is 1. The van der Waals surface area contributed by atoms with E-state index in [1.54, 1.807) is 31.3 Å². The van der Waals surface area contributed by atoms with E-state index in [9.17, 15) is 9.18 Å². The molecule has 0 aliphatic rings. The summed E-state index contributed by atoms with van der Waals surface area (Å²) in [5.41, 5.74) is 7.29. The highest BCUT2D eigenvalue weighted by atomic mass is 79.9. The summed E-state index contributed by atoms with van der Waals surface area (Å²) in [5, 5.41) is 0.532. The topological polar surface area (TPSA) is 46.3 Å². The summed E-state index contributed by atoms with van der Waals surface area (Å²) in [6.07, 6.45) is 0. The minimum atomic E-state index is -0.469. The van der Waals surface area contributed by atoms with Gasteiger partial charge in [-0.1, -0.05) is 27.5 Å². The number of hydrogen-bond donors (Lipinski definition) is 1. The lowest BCUT2D eigenvalue weighted by molar-refractivity contribution is 0.0784. The van der Waals surface area contributed by atoms with Crippen LogP contribution in [0.5, 0.6) is 0 Å². The maximum absolute atomic E-state index is 13.4. The van der Waals surface area contributed by atoms with E-state index in [4.69, 9.17) is 17.3 Å². The second kappa shape index (κ2) is 6.45. The molecule has 0 saturated carbocycles. The Hall–Kier alpha value is -1.59. The van der Waals surface area contributed by atoms with Gasteiger partial charge in [-0.3, -0.25) is 4.79 Å². The summed E-state index contributed by atoms with van der Waals surface area (Å²) in [5.74, 6) is -0.767. The number of amides is 1. The van der Waals surface area contributed by atoms with Crippen molar-refractivity contribution >= 4 is 39.1 Å². The van der Waals surface area contributed by atoms with Crippen LogP contribution in [0.2, 0.25) is 5.02 Å². The van der Waals surface area contributed by atoms with Crippen LogP contribution in [0.1, 0.15) is 15.9 Å². The van der Waals surface area contributed by atoms with Gasteiger partial charge >= 0.3 is 0 Å².